The van der Waals surface area contributed by atoms with Gasteiger partial charge < -0.3 is 43.2 Å². The van der Waals surface area contributed by atoms with Crippen LogP contribution in [0.3, 0.4) is 0 Å². The number of aliphatic carboxylic acids is 1. The third-order valence-electron chi connectivity index (χ3n) is 6.67. The summed E-state index contributed by atoms with van der Waals surface area (Å²) >= 11 is 0. The van der Waals surface area contributed by atoms with Crippen LogP contribution in [0.15, 0.2) is 30.5 Å². The summed E-state index contributed by atoms with van der Waals surface area (Å²) in [6.07, 6.45) is 3.17. The number of hydrogen-bond acceptors (Lipinski definition) is 7. The molecule has 13 nitrogen and oxygen atoms in total. The van der Waals surface area contributed by atoms with Gasteiger partial charge in [0.15, 0.2) is 0 Å². The summed E-state index contributed by atoms with van der Waals surface area (Å²) in [5.74, 6) is -3.85. The summed E-state index contributed by atoms with van der Waals surface area (Å²) in [4.78, 5) is 65.3. The molecule has 2 aromatic rings. The van der Waals surface area contributed by atoms with Crippen LogP contribution in [-0.4, -0.2) is 70.4 Å². The third kappa shape index (κ3) is 10.8. The standard InChI is InChI=1S/C28H43N7O6/c1-16(2)13-23(35-25(37)19(30)14-17-15-32-20-8-4-3-7-18(17)20)27(39)33-21(9-5-6-12-29)26(38)34-22(28(40)41)10-11-24(31)36/h3-4,7-8,15-16,19,21-23,32H,5-6,9-14,29-30H2,1-2H3,(H2,31,36)(H,33,39)(H,34,38)(H,35,37)(H,40,41). The van der Waals surface area contributed by atoms with Gasteiger partial charge in [-0.1, -0.05) is 32.0 Å². The highest BCUT2D eigenvalue weighted by Crippen LogP contribution is 2.19. The lowest BCUT2D eigenvalue weighted by atomic mass is 10.00. The molecule has 0 aliphatic heterocycles. The van der Waals surface area contributed by atoms with Gasteiger partial charge in [0.25, 0.3) is 0 Å². The molecule has 0 aliphatic rings. The van der Waals surface area contributed by atoms with Crippen molar-refractivity contribution >= 4 is 40.5 Å². The Balaban J connectivity index is 2.13. The first-order valence-corrected chi connectivity index (χ1v) is 13.9. The van der Waals surface area contributed by atoms with Crippen LogP contribution in [0.25, 0.3) is 10.9 Å². The summed E-state index contributed by atoms with van der Waals surface area (Å²) in [6.45, 7) is 4.15. The van der Waals surface area contributed by atoms with Crippen molar-refractivity contribution in [1.29, 1.82) is 0 Å². The summed E-state index contributed by atoms with van der Waals surface area (Å²) in [6, 6.07) is 3.28. The number of benzene rings is 1. The molecule has 1 heterocycles. The molecule has 0 bridgehead atoms. The van der Waals surface area contributed by atoms with E-state index in [1.807, 2.05) is 38.1 Å². The topological polar surface area (TPSA) is 236 Å². The maximum Gasteiger partial charge on any atom is 0.326 e. The van der Waals surface area contributed by atoms with Gasteiger partial charge in [0.2, 0.25) is 23.6 Å². The Bertz CT molecular complexity index is 1200. The molecule has 226 valence electrons. The number of unbranched alkanes of at least 4 members (excludes halogenated alkanes) is 1. The van der Waals surface area contributed by atoms with Crippen molar-refractivity contribution in [2.24, 2.45) is 23.1 Å². The second kappa shape index (κ2) is 16.3. The van der Waals surface area contributed by atoms with E-state index >= 15 is 0 Å². The van der Waals surface area contributed by atoms with Crippen molar-refractivity contribution in [1.82, 2.24) is 20.9 Å². The van der Waals surface area contributed by atoms with Gasteiger partial charge in [0.1, 0.15) is 18.1 Å². The van der Waals surface area contributed by atoms with Crippen molar-refractivity contribution in [2.45, 2.75) is 83.0 Å². The molecule has 1 aromatic carbocycles. The molecule has 11 N–H and O–H groups in total. The zero-order valence-electron chi connectivity index (χ0n) is 23.7. The van der Waals surface area contributed by atoms with Gasteiger partial charge in [-0.3, -0.25) is 19.2 Å². The summed E-state index contributed by atoms with van der Waals surface area (Å²) in [5.41, 5.74) is 18.7. The van der Waals surface area contributed by atoms with Gasteiger partial charge in [-0.2, -0.15) is 0 Å². The number of nitrogens with two attached hydrogens (primary N) is 3. The number of rotatable bonds is 18. The molecule has 41 heavy (non-hydrogen) atoms. The van der Waals surface area contributed by atoms with Crippen LogP contribution in [0.1, 0.15) is 57.9 Å². The van der Waals surface area contributed by atoms with E-state index in [4.69, 9.17) is 17.2 Å². The normalized spacial score (nSPS) is 14.2. The van der Waals surface area contributed by atoms with Crippen LogP contribution >= 0.6 is 0 Å². The van der Waals surface area contributed by atoms with Crippen LogP contribution in [0, 0.1) is 5.92 Å². The average molecular weight is 574 g/mol. The van der Waals surface area contributed by atoms with E-state index in [1.165, 1.54) is 0 Å². The summed E-state index contributed by atoms with van der Waals surface area (Å²) in [7, 11) is 0. The quantitative estimate of drug-likeness (QED) is 0.113. The van der Waals surface area contributed by atoms with Crippen molar-refractivity contribution < 1.29 is 29.1 Å². The van der Waals surface area contributed by atoms with E-state index in [-0.39, 0.29) is 38.0 Å². The number of amides is 4. The first-order chi connectivity index (χ1) is 19.4. The first-order valence-electron chi connectivity index (χ1n) is 13.9. The molecule has 13 heteroatoms. The monoisotopic (exact) mass is 573 g/mol. The predicted octanol–water partition coefficient (Wildman–Crippen LogP) is 0.0173. The van der Waals surface area contributed by atoms with Crippen molar-refractivity contribution in [3.05, 3.63) is 36.0 Å². The van der Waals surface area contributed by atoms with E-state index < -0.39 is 53.8 Å². The van der Waals surface area contributed by atoms with Gasteiger partial charge in [0.05, 0.1) is 6.04 Å². The molecule has 2 rings (SSSR count). The van der Waals surface area contributed by atoms with Crippen LogP contribution < -0.4 is 33.2 Å². The van der Waals surface area contributed by atoms with Crippen LogP contribution in [-0.2, 0) is 30.4 Å². The number of carboxylic acid groups (broad SMARTS) is 1. The van der Waals surface area contributed by atoms with E-state index in [9.17, 15) is 29.1 Å². The molecule has 4 amide bonds. The molecular weight excluding hydrogens is 530 g/mol. The number of fused-ring (bicyclic) bond motifs is 1. The van der Waals surface area contributed by atoms with Crippen LogP contribution in [0.2, 0.25) is 0 Å². The second-order valence-electron chi connectivity index (χ2n) is 10.6. The highest BCUT2D eigenvalue weighted by atomic mass is 16.4. The lowest BCUT2D eigenvalue weighted by Crippen LogP contribution is -2.57. The lowest BCUT2D eigenvalue weighted by Gasteiger charge is -2.26. The van der Waals surface area contributed by atoms with Crippen molar-refractivity contribution in [3.63, 3.8) is 0 Å². The number of H-pyrrole nitrogens is 1. The molecule has 1 aromatic heterocycles. The summed E-state index contributed by atoms with van der Waals surface area (Å²) < 4.78 is 0. The Morgan fingerprint density at radius 3 is 2.17 bits per heavy atom. The zero-order valence-corrected chi connectivity index (χ0v) is 23.7. The Morgan fingerprint density at radius 2 is 1.54 bits per heavy atom. The number of carbonyl (C=O) groups is 5. The minimum Gasteiger partial charge on any atom is -0.480 e. The highest BCUT2D eigenvalue weighted by Gasteiger charge is 2.30. The van der Waals surface area contributed by atoms with Gasteiger partial charge in [-0.15, -0.1) is 0 Å². The molecule has 0 aliphatic carbocycles. The Labute approximate surface area is 239 Å². The molecule has 0 spiro atoms. The fourth-order valence-electron chi connectivity index (χ4n) is 4.46. The number of aromatic nitrogens is 1. The minimum absolute atomic E-state index is 0.0191. The Morgan fingerprint density at radius 1 is 0.902 bits per heavy atom. The highest BCUT2D eigenvalue weighted by molar-refractivity contribution is 5.94. The third-order valence-corrected chi connectivity index (χ3v) is 6.67. The number of para-hydroxylation sites is 1. The molecule has 4 atom stereocenters. The van der Waals surface area contributed by atoms with E-state index in [0.29, 0.717) is 19.4 Å². The van der Waals surface area contributed by atoms with Crippen LogP contribution in [0.5, 0.6) is 0 Å². The Hall–Kier alpha value is -3.97. The first kappa shape index (κ1) is 33.2. The van der Waals surface area contributed by atoms with E-state index in [2.05, 4.69) is 20.9 Å². The lowest BCUT2D eigenvalue weighted by molar-refractivity contribution is -0.142. The van der Waals surface area contributed by atoms with Crippen molar-refractivity contribution in [3.8, 4) is 0 Å². The number of aromatic amines is 1. The minimum atomic E-state index is -1.36. The number of primary amides is 1. The number of nitrogens with one attached hydrogen (secondary N) is 4. The molecule has 0 saturated carbocycles. The van der Waals surface area contributed by atoms with E-state index in [0.717, 1.165) is 16.5 Å². The summed E-state index contributed by atoms with van der Waals surface area (Å²) in [5, 5.41) is 18.2. The maximum atomic E-state index is 13.4. The Kier molecular flexibility index (Phi) is 13.2. The molecule has 0 radical (unpaired) electrons. The largest absolute Gasteiger partial charge is 0.480 e. The molecular formula is C28H43N7O6. The van der Waals surface area contributed by atoms with Gasteiger partial charge in [-0.25, -0.2) is 4.79 Å². The number of hydrogen-bond donors (Lipinski definition) is 8. The zero-order chi connectivity index (χ0) is 30.5. The number of carbonyl (C=O) groups excluding carboxylic acids is 4. The van der Waals surface area contributed by atoms with Crippen LogP contribution in [0.4, 0.5) is 0 Å². The fraction of sp³-hybridized carbons (Fsp3) is 0.536. The predicted molar refractivity (Wildman–Crippen MR) is 154 cm³/mol. The maximum absolute atomic E-state index is 13.4. The van der Waals surface area contributed by atoms with Crippen molar-refractivity contribution in [2.75, 3.05) is 6.54 Å². The molecule has 4 unspecified atom stereocenters. The van der Waals surface area contributed by atoms with Gasteiger partial charge >= 0.3 is 5.97 Å². The fourth-order valence-corrected chi connectivity index (χ4v) is 4.46. The second-order valence-corrected chi connectivity index (χ2v) is 10.6. The molecule has 0 saturated heterocycles. The number of carboxylic acids is 1. The van der Waals surface area contributed by atoms with Gasteiger partial charge in [-0.05, 0) is 62.6 Å². The van der Waals surface area contributed by atoms with Gasteiger partial charge in [0, 0.05) is 23.5 Å². The van der Waals surface area contributed by atoms with E-state index in [1.54, 1.807) is 6.20 Å². The SMILES string of the molecule is CC(C)CC(NC(=O)C(N)Cc1c[nH]c2ccccc12)C(=O)NC(CCCCN)C(=O)NC(CCC(N)=O)C(=O)O. The smallest absolute Gasteiger partial charge is 0.326 e. The average Bonchev–Trinajstić information content (AvgIpc) is 3.31. The molecule has 0 fully saturated rings.